The lowest BCUT2D eigenvalue weighted by Gasteiger charge is -2.46. The van der Waals surface area contributed by atoms with E-state index in [1.54, 1.807) is 0 Å². The molecule has 160 valence electrons. The van der Waals surface area contributed by atoms with Crippen molar-refractivity contribution in [3.05, 3.63) is 60.2 Å². The third-order valence-electron chi connectivity index (χ3n) is 7.25. The van der Waals surface area contributed by atoms with E-state index in [2.05, 4.69) is 37.8 Å². The molecule has 4 heteroatoms. The van der Waals surface area contributed by atoms with Gasteiger partial charge in [0.25, 0.3) is 0 Å². The number of hydrogen-bond acceptors (Lipinski definition) is 3. The minimum atomic E-state index is -0.0657. The van der Waals surface area contributed by atoms with E-state index in [1.165, 1.54) is 19.3 Å². The Morgan fingerprint density at radius 1 is 1.07 bits per heavy atom. The minimum absolute atomic E-state index is 0.0657. The second kappa shape index (κ2) is 8.66. The summed E-state index contributed by atoms with van der Waals surface area (Å²) in [7, 11) is 0. The zero-order valence-electron chi connectivity index (χ0n) is 18.4. The van der Waals surface area contributed by atoms with Crippen LogP contribution in [-0.2, 0) is 11.4 Å². The van der Waals surface area contributed by atoms with Crippen LogP contribution in [0.1, 0.15) is 58.4 Å². The maximum absolute atomic E-state index is 12.9. The molecule has 2 aromatic carbocycles. The van der Waals surface area contributed by atoms with Crippen LogP contribution in [-0.4, -0.2) is 16.5 Å². The van der Waals surface area contributed by atoms with Gasteiger partial charge in [-0.1, -0.05) is 57.5 Å². The topological polar surface area (TPSA) is 29.5 Å². The lowest BCUT2D eigenvalue weighted by molar-refractivity contribution is -0.116. The molecule has 0 aromatic heterocycles. The van der Waals surface area contributed by atoms with E-state index in [1.807, 2.05) is 54.2 Å². The van der Waals surface area contributed by atoms with E-state index in [0.717, 1.165) is 35.8 Å². The van der Waals surface area contributed by atoms with Crippen molar-refractivity contribution in [2.45, 2.75) is 64.4 Å². The Bertz CT molecular complexity index is 854. The average Bonchev–Trinajstić information content (AvgIpc) is 3.09. The van der Waals surface area contributed by atoms with Crippen molar-refractivity contribution in [2.24, 2.45) is 11.3 Å². The molecule has 1 saturated carbocycles. The monoisotopic (exact) mass is 423 g/mol. The number of anilines is 1. The van der Waals surface area contributed by atoms with Crippen molar-refractivity contribution in [2.75, 3.05) is 10.7 Å². The molecule has 1 amide bonds. The van der Waals surface area contributed by atoms with Gasteiger partial charge in [-0.25, -0.2) is 0 Å². The first-order valence-corrected chi connectivity index (χ1v) is 12.2. The molecule has 0 N–H and O–H groups in total. The van der Waals surface area contributed by atoms with Gasteiger partial charge in [-0.3, -0.25) is 9.69 Å². The van der Waals surface area contributed by atoms with Crippen LogP contribution in [0.25, 0.3) is 0 Å². The number of rotatable bonds is 6. The summed E-state index contributed by atoms with van der Waals surface area (Å²) < 4.78 is 5.93. The quantitative estimate of drug-likeness (QED) is 0.520. The van der Waals surface area contributed by atoms with Gasteiger partial charge in [-0.15, -0.1) is 11.8 Å². The Morgan fingerprint density at radius 2 is 1.73 bits per heavy atom. The third-order valence-corrected chi connectivity index (χ3v) is 8.77. The molecule has 4 rings (SSSR count). The fourth-order valence-electron chi connectivity index (χ4n) is 4.87. The fraction of sp³-hybridized carbons (Fsp3) is 0.500. The Hall–Kier alpha value is -1.94. The first-order valence-electron chi connectivity index (χ1n) is 11.2. The molecule has 30 heavy (non-hydrogen) atoms. The Morgan fingerprint density at radius 3 is 2.37 bits per heavy atom. The van der Waals surface area contributed by atoms with Crippen molar-refractivity contribution in [1.29, 1.82) is 0 Å². The van der Waals surface area contributed by atoms with Crippen molar-refractivity contribution in [3.8, 4) is 5.75 Å². The number of benzene rings is 2. The van der Waals surface area contributed by atoms with Gasteiger partial charge in [0, 0.05) is 5.69 Å². The van der Waals surface area contributed by atoms with Crippen molar-refractivity contribution >= 4 is 23.4 Å². The van der Waals surface area contributed by atoms with Crippen molar-refractivity contribution in [1.82, 2.24) is 0 Å². The predicted molar refractivity (Wildman–Crippen MR) is 126 cm³/mol. The summed E-state index contributed by atoms with van der Waals surface area (Å²) in [5.74, 6) is 2.42. The Balaban J connectivity index is 1.45. The molecule has 1 heterocycles. The van der Waals surface area contributed by atoms with Crippen LogP contribution in [0.3, 0.4) is 0 Å². The summed E-state index contributed by atoms with van der Waals surface area (Å²) in [6.07, 6.45) is 5.80. The van der Waals surface area contributed by atoms with Crippen LogP contribution in [0, 0.1) is 11.3 Å². The normalized spacial score (nSPS) is 24.4. The number of amides is 1. The van der Waals surface area contributed by atoms with E-state index >= 15 is 0 Å². The highest BCUT2D eigenvalue weighted by Crippen LogP contribution is 2.53. The lowest BCUT2D eigenvalue weighted by Crippen LogP contribution is -2.48. The van der Waals surface area contributed by atoms with Gasteiger partial charge in [-0.05, 0) is 66.8 Å². The molecule has 0 bridgehead atoms. The molecule has 0 atom stereocenters. The molecule has 0 unspecified atom stereocenters. The zero-order valence-corrected chi connectivity index (χ0v) is 19.2. The number of carbonyl (C=O) groups is 1. The summed E-state index contributed by atoms with van der Waals surface area (Å²) in [6.45, 7) is 7.65. The Labute approximate surface area is 185 Å². The highest BCUT2D eigenvalue weighted by Gasteiger charge is 2.50. The van der Waals surface area contributed by atoms with Gasteiger partial charge in [0.15, 0.2) is 0 Å². The highest BCUT2D eigenvalue weighted by molar-refractivity contribution is 8.02. The molecule has 1 saturated heterocycles. The molecule has 2 fully saturated rings. The summed E-state index contributed by atoms with van der Waals surface area (Å²) >= 11 is 1.85. The van der Waals surface area contributed by atoms with Crippen molar-refractivity contribution < 1.29 is 9.53 Å². The molecule has 1 aliphatic carbocycles. The fourth-order valence-corrected chi connectivity index (χ4v) is 6.25. The molecular weight excluding hydrogens is 390 g/mol. The van der Waals surface area contributed by atoms with E-state index in [9.17, 15) is 4.79 Å². The van der Waals surface area contributed by atoms with Crippen LogP contribution >= 0.6 is 11.8 Å². The van der Waals surface area contributed by atoms with Crippen LogP contribution in [0.4, 0.5) is 5.69 Å². The maximum atomic E-state index is 12.9. The van der Waals surface area contributed by atoms with Gasteiger partial charge in [-0.2, -0.15) is 0 Å². The van der Waals surface area contributed by atoms with E-state index in [-0.39, 0.29) is 10.8 Å². The van der Waals surface area contributed by atoms with E-state index in [4.69, 9.17) is 4.74 Å². The highest BCUT2D eigenvalue weighted by atomic mass is 32.2. The number of nitrogens with zero attached hydrogens (tertiary/aromatic N) is 1. The summed E-state index contributed by atoms with van der Waals surface area (Å²) in [4.78, 5) is 14.9. The zero-order chi connectivity index (χ0) is 21.2. The molecule has 2 aromatic rings. The van der Waals surface area contributed by atoms with Gasteiger partial charge in [0.1, 0.15) is 12.4 Å². The SMILES string of the molecule is CCC(C)(C)C1CCC2(CC1)SCC(=O)N2c1ccc(OCc2ccccc2)cc1. The molecule has 0 radical (unpaired) electrons. The number of thioether (sulfide) groups is 1. The average molecular weight is 424 g/mol. The van der Waals surface area contributed by atoms with Gasteiger partial charge < -0.3 is 4.74 Å². The molecular formula is C26H33NO2S. The first-order chi connectivity index (χ1) is 14.4. The number of carbonyl (C=O) groups excluding carboxylic acids is 1. The van der Waals surface area contributed by atoms with Crippen LogP contribution in [0.5, 0.6) is 5.75 Å². The Kier molecular flexibility index (Phi) is 6.15. The maximum Gasteiger partial charge on any atom is 0.238 e. The second-order valence-corrected chi connectivity index (χ2v) is 10.7. The number of ether oxygens (including phenoxy) is 1. The van der Waals surface area contributed by atoms with Gasteiger partial charge in [0.2, 0.25) is 5.91 Å². The molecule has 2 aliphatic rings. The van der Waals surface area contributed by atoms with Crippen LogP contribution < -0.4 is 9.64 Å². The van der Waals surface area contributed by atoms with Crippen molar-refractivity contribution in [3.63, 3.8) is 0 Å². The lowest BCUT2D eigenvalue weighted by atomic mass is 9.68. The number of hydrogen-bond donors (Lipinski definition) is 0. The standard InChI is InChI=1S/C26H33NO2S/c1-4-25(2,3)21-14-16-26(17-15-21)27(24(28)19-30-26)22-10-12-23(13-11-22)29-18-20-8-6-5-7-9-20/h5-13,21H,4,14-19H2,1-3H3. The van der Waals surface area contributed by atoms with Crippen LogP contribution in [0.2, 0.25) is 0 Å². The summed E-state index contributed by atoms with van der Waals surface area (Å²) in [5.41, 5.74) is 2.54. The molecule has 1 aliphatic heterocycles. The minimum Gasteiger partial charge on any atom is -0.489 e. The smallest absolute Gasteiger partial charge is 0.238 e. The second-order valence-electron chi connectivity index (χ2n) is 9.35. The summed E-state index contributed by atoms with van der Waals surface area (Å²) in [6, 6.07) is 18.3. The van der Waals surface area contributed by atoms with E-state index in [0.29, 0.717) is 17.8 Å². The third kappa shape index (κ3) is 4.25. The first kappa shape index (κ1) is 21.3. The molecule has 3 nitrogen and oxygen atoms in total. The van der Waals surface area contributed by atoms with Gasteiger partial charge >= 0.3 is 0 Å². The predicted octanol–water partition coefficient (Wildman–Crippen LogP) is 6.67. The summed E-state index contributed by atoms with van der Waals surface area (Å²) in [5, 5.41) is 0. The largest absolute Gasteiger partial charge is 0.489 e. The van der Waals surface area contributed by atoms with Gasteiger partial charge in [0.05, 0.1) is 10.6 Å². The van der Waals surface area contributed by atoms with Crippen LogP contribution in [0.15, 0.2) is 54.6 Å². The van der Waals surface area contributed by atoms with E-state index < -0.39 is 0 Å². The molecule has 1 spiro atoms.